The van der Waals surface area contributed by atoms with E-state index in [4.69, 9.17) is 17.3 Å². The van der Waals surface area contributed by atoms with Gasteiger partial charge < -0.3 is 11.1 Å². The minimum atomic E-state index is -0.0541. The largest absolute Gasteiger partial charge is 0.399 e. The Balaban J connectivity index is 1.97. The topological polar surface area (TPSA) is 55.1 Å². The van der Waals surface area contributed by atoms with Crippen LogP contribution in [0.4, 0.5) is 11.4 Å². The van der Waals surface area contributed by atoms with Crippen molar-refractivity contribution >= 4 is 40.6 Å². The predicted molar refractivity (Wildman–Crippen MR) is 91.1 cm³/mol. The molecule has 0 aromatic heterocycles. The van der Waals surface area contributed by atoms with Crippen molar-refractivity contribution in [1.82, 2.24) is 0 Å². The normalized spacial score (nSPS) is 10.4. The summed E-state index contributed by atoms with van der Waals surface area (Å²) in [5.41, 5.74) is 9.35. The Morgan fingerprint density at radius 2 is 2.05 bits per heavy atom. The fourth-order valence-corrected chi connectivity index (χ4v) is 2.92. The van der Waals surface area contributed by atoms with Crippen molar-refractivity contribution in [3.8, 4) is 0 Å². The van der Waals surface area contributed by atoms with Gasteiger partial charge in [-0.05, 0) is 49.2 Å². The lowest BCUT2D eigenvalue weighted by atomic mass is 10.1. The molecule has 0 radical (unpaired) electrons. The first-order valence-corrected chi connectivity index (χ1v) is 7.87. The maximum atomic E-state index is 12.0. The predicted octanol–water partition coefficient (Wildman–Crippen LogP) is 4.27. The van der Waals surface area contributed by atoms with Gasteiger partial charge in [-0.25, -0.2) is 0 Å². The Morgan fingerprint density at radius 1 is 1.29 bits per heavy atom. The van der Waals surface area contributed by atoms with Crippen LogP contribution in [0.5, 0.6) is 0 Å². The number of carbonyl (C=O) groups is 1. The number of nitrogens with two attached hydrogens (primary N) is 1. The SMILES string of the molecule is Cc1cccc(NC(=O)CSc2ccc(N)cc2Cl)c1C. The number of nitrogens with one attached hydrogen (secondary N) is 1. The maximum Gasteiger partial charge on any atom is 0.234 e. The lowest BCUT2D eigenvalue weighted by Crippen LogP contribution is -2.15. The molecule has 1 amide bonds. The number of rotatable bonds is 4. The zero-order chi connectivity index (χ0) is 15.4. The van der Waals surface area contributed by atoms with E-state index in [1.807, 2.05) is 38.1 Å². The van der Waals surface area contributed by atoms with Crippen molar-refractivity contribution in [1.29, 1.82) is 0 Å². The third-order valence-electron chi connectivity index (χ3n) is 3.19. The fourth-order valence-electron chi connectivity index (χ4n) is 1.85. The summed E-state index contributed by atoms with van der Waals surface area (Å²) in [6.07, 6.45) is 0. The Kier molecular flexibility index (Phi) is 5.15. The second kappa shape index (κ2) is 6.87. The molecule has 0 aliphatic rings. The van der Waals surface area contributed by atoms with E-state index in [1.165, 1.54) is 11.8 Å². The number of halogens is 1. The molecule has 0 aliphatic carbocycles. The number of anilines is 2. The molecule has 0 spiro atoms. The van der Waals surface area contributed by atoms with Crippen LogP contribution in [0.3, 0.4) is 0 Å². The molecule has 0 fully saturated rings. The minimum Gasteiger partial charge on any atom is -0.399 e. The lowest BCUT2D eigenvalue weighted by Gasteiger charge is -2.10. The molecular formula is C16H17ClN2OS. The first-order valence-electron chi connectivity index (χ1n) is 6.51. The summed E-state index contributed by atoms with van der Waals surface area (Å²) in [6, 6.07) is 11.1. The van der Waals surface area contributed by atoms with E-state index in [2.05, 4.69) is 5.32 Å². The van der Waals surface area contributed by atoms with Crippen LogP contribution < -0.4 is 11.1 Å². The monoisotopic (exact) mass is 320 g/mol. The molecule has 3 N–H and O–H groups in total. The van der Waals surface area contributed by atoms with Gasteiger partial charge in [0.2, 0.25) is 5.91 Å². The molecule has 0 heterocycles. The number of benzene rings is 2. The standard InChI is InChI=1S/C16H17ClN2OS/c1-10-4-3-5-14(11(10)2)19-16(20)9-21-15-7-6-12(18)8-13(15)17/h3-8H,9,18H2,1-2H3,(H,19,20). The quantitative estimate of drug-likeness (QED) is 0.653. The van der Waals surface area contributed by atoms with Crippen molar-refractivity contribution in [2.75, 3.05) is 16.8 Å². The number of thioether (sulfide) groups is 1. The Labute approximate surface area is 133 Å². The van der Waals surface area contributed by atoms with Gasteiger partial charge in [0.05, 0.1) is 10.8 Å². The van der Waals surface area contributed by atoms with Crippen LogP contribution >= 0.6 is 23.4 Å². The molecule has 0 unspecified atom stereocenters. The summed E-state index contributed by atoms with van der Waals surface area (Å²) in [5.74, 6) is 0.249. The number of aryl methyl sites for hydroxylation is 1. The average Bonchev–Trinajstić information content (AvgIpc) is 2.43. The molecule has 2 aromatic rings. The van der Waals surface area contributed by atoms with Crippen LogP contribution in [0.25, 0.3) is 0 Å². The van der Waals surface area contributed by atoms with E-state index in [-0.39, 0.29) is 5.91 Å². The molecular weight excluding hydrogens is 304 g/mol. The van der Waals surface area contributed by atoms with Gasteiger partial charge in [0.15, 0.2) is 0 Å². The Hall–Kier alpha value is -1.65. The van der Waals surface area contributed by atoms with Gasteiger partial charge in [-0.3, -0.25) is 4.79 Å². The van der Waals surface area contributed by atoms with Gasteiger partial charge in [-0.2, -0.15) is 0 Å². The van der Waals surface area contributed by atoms with E-state index in [0.717, 1.165) is 21.7 Å². The van der Waals surface area contributed by atoms with E-state index in [1.54, 1.807) is 12.1 Å². The van der Waals surface area contributed by atoms with E-state index in [9.17, 15) is 4.79 Å². The third kappa shape index (κ3) is 4.16. The fraction of sp³-hybridized carbons (Fsp3) is 0.188. The summed E-state index contributed by atoms with van der Waals surface area (Å²) in [7, 11) is 0. The van der Waals surface area contributed by atoms with Crippen molar-refractivity contribution < 1.29 is 4.79 Å². The van der Waals surface area contributed by atoms with Crippen molar-refractivity contribution in [3.05, 3.63) is 52.5 Å². The smallest absolute Gasteiger partial charge is 0.234 e. The second-order valence-corrected chi connectivity index (χ2v) is 6.20. The van der Waals surface area contributed by atoms with Gasteiger partial charge in [-0.15, -0.1) is 11.8 Å². The Morgan fingerprint density at radius 3 is 2.76 bits per heavy atom. The second-order valence-electron chi connectivity index (χ2n) is 4.77. The van der Waals surface area contributed by atoms with Gasteiger partial charge in [0, 0.05) is 16.3 Å². The molecule has 21 heavy (non-hydrogen) atoms. The van der Waals surface area contributed by atoms with Crippen LogP contribution in [-0.2, 0) is 4.79 Å². The minimum absolute atomic E-state index is 0.0541. The van der Waals surface area contributed by atoms with Crippen LogP contribution in [0.2, 0.25) is 5.02 Å². The zero-order valence-corrected chi connectivity index (χ0v) is 13.5. The highest BCUT2D eigenvalue weighted by Gasteiger charge is 2.08. The molecule has 2 aromatic carbocycles. The maximum absolute atomic E-state index is 12.0. The molecule has 0 saturated carbocycles. The highest BCUT2D eigenvalue weighted by Crippen LogP contribution is 2.29. The first-order chi connectivity index (χ1) is 9.97. The van der Waals surface area contributed by atoms with Gasteiger partial charge in [0.1, 0.15) is 0 Å². The van der Waals surface area contributed by atoms with Crippen LogP contribution in [0.15, 0.2) is 41.3 Å². The number of amides is 1. The van der Waals surface area contributed by atoms with Crippen LogP contribution in [-0.4, -0.2) is 11.7 Å². The summed E-state index contributed by atoms with van der Waals surface area (Å²) in [5, 5.41) is 3.49. The van der Waals surface area contributed by atoms with Crippen molar-refractivity contribution in [3.63, 3.8) is 0 Å². The summed E-state index contributed by atoms with van der Waals surface area (Å²) >= 11 is 7.48. The van der Waals surface area contributed by atoms with Crippen molar-refractivity contribution in [2.24, 2.45) is 0 Å². The highest BCUT2D eigenvalue weighted by molar-refractivity contribution is 8.00. The first kappa shape index (κ1) is 15.7. The lowest BCUT2D eigenvalue weighted by molar-refractivity contribution is -0.113. The summed E-state index contributed by atoms with van der Waals surface area (Å²) in [6.45, 7) is 4.02. The van der Waals surface area contributed by atoms with Crippen molar-refractivity contribution in [2.45, 2.75) is 18.7 Å². The zero-order valence-electron chi connectivity index (χ0n) is 11.9. The average molecular weight is 321 g/mol. The van der Waals surface area contributed by atoms with E-state index < -0.39 is 0 Å². The van der Waals surface area contributed by atoms with Gasteiger partial charge in [-0.1, -0.05) is 23.7 Å². The molecule has 0 aliphatic heterocycles. The van der Waals surface area contributed by atoms with Crippen LogP contribution in [0, 0.1) is 13.8 Å². The van der Waals surface area contributed by atoms with Crippen LogP contribution in [0.1, 0.15) is 11.1 Å². The number of nitrogen functional groups attached to an aromatic ring is 1. The molecule has 5 heteroatoms. The number of hydrogen-bond donors (Lipinski definition) is 2. The molecule has 2 rings (SSSR count). The number of carbonyl (C=O) groups excluding carboxylic acids is 1. The van der Waals surface area contributed by atoms with E-state index >= 15 is 0 Å². The van der Waals surface area contributed by atoms with Gasteiger partial charge >= 0.3 is 0 Å². The molecule has 0 saturated heterocycles. The highest BCUT2D eigenvalue weighted by atomic mass is 35.5. The Bertz CT molecular complexity index is 673. The third-order valence-corrected chi connectivity index (χ3v) is 4.69. The summed E-state index contributed by atoms with van der Waals surface area (Å²) in [4.78, 5) is 12.9. The molecule has 3 nitrogen and oxygen atoms in total. The molecule has 0 bridgehead atoms. The molecule has 110 valence electrons. The molecule has 0 atom stereocenters. The summed E-state index contributed by atoms with van der Waals surface area (Å²) < 4.78 is 0. The van der Waals surface area contributed by atoms with Gasteiger partial charge in [0.25, 0.3) is 0 Å². The van der Waals surface area contributed by atoms with E-state index in [0.29, 0.717) is 16.5 Å². The number of hydrogen-bond acceptors (Lipinski definition) is 3.